The van der Waals surface area contributed by atoms with Crippen LogP contribution in [0.1, 0.15) is 13.3 Å². The number of amides is 1. The summed E-state index contributed by atoms with van der Waals surface area (Å²) in [6, 6.07) is -0.535. The van der Waals surface area contributed by atoms with Crippen molar-refractivity contribution in [3.05, 3.63) is 0 Å². The molecule has 0 aliphatic rings. The Morgan fingerprint density at radius 2 is 2.07 bits per heavy atom. The molecule has 0 radical (unpaired) electrons. The molecule has 0 aromatic carbocycles. The van der Waals surface area contributed by atoms with Crippen molar-refractivity contribution in [1.29, 1.82) is 0 Å². The van der Waals surface area contributed by atoms with Crippen molar-refractivity contribution >= 4 is 15.7 Å². The maximum Gasteiger partial charge on any atom is 0.221 e. The van der Waals surface area contributed by atoms with Gasteiger partial charge in [-0.25, -0.2) is 8.42 Å². The molecule has 2 unspecified atom stereocenters. The van der Waals surface area contributed by atoms with Crippen LogP contribution in [0.2, 0.25) is 0 Å². The van der Waals surface area contributed by atoms with Gasteiger partial charge in [-0.15, -0.1) is 0 Å². The van der Waals surface area contributed by atoms with Gasteiger partial charge in [0.1, 0.15) is 9.84 Å². The molecule has 0 saturated heterocycles. The molecule has 0 aliphatic carbocycles. The number of aliphatic hydroxyl groups excluding tert-OH is 1. The number of carbonyl (C=O) groups excluding carboxylic acids is 1. The molecule has 90 valence electrons. The number of hydrogen-bond donors (Lipinski definition) is 3. The molecule has 4 N–H and O–H groups in total. The van der Waals surface area contributed by atoms with Gasteiger partial charge in [-0.2, -0.15) is 0 Å². The number of nitrogens with one attached hydrogen (secondary N) is 1. The lowest BCUT2D eigenvalue weighted by molar-refractivity contribution is -0.120. The van der Waals surface area contributed by atoms with Crippen molar-refractivity contribution in [3.63, 3.8) is 0 Å². The Labute approximate surface area is 89.8 Å². The molecule has 1 amide bonds. The Bertz CT molecular complexity index is 300. The lowest BCUT2D eigenvalue weighted by Gasteiger charge is -2.14. The van der Waals surface area contributed by atoms with E-state index in [9.17, 15) is 13.2 Å². The first kappa shape index (κ1) is 14.3. The molecule has 0 aromatic rings. The zero-order valence-corrected chi connectivity index (χ0v) is 9.75. The Kier molecular flexibility index (Phi) is 5.77. The second kappa shape index (κ2) is 6.04. The molecule has 7 heteroatoms. The average molecular weight is 238 g/mol. The minimum atomic E-state index is -3.12. The number of hydrogen-bond acceptors (Lipinski definition) is 5. The molecule has 2 atom stereocenters. The van der Waals surface area contributed by atoms with E-state index in [0.29, 0.717) is 0 Å². The molecule has 0 aliphatic heterocycles. The van der Waals surface area contributed by atoms with Gasteiger partial charge in [0.15, 0.2) is 0 Å². The molecule has 0 rings (SSSR count). The molecule has 6 nitrogen and oxygen atoms in total. The molecule has 0 fully saturated rings. The van der Waals surface area contributed by atoms with Crippen LogP contribution in [0.15, 0.2) is 0 Å². The fourth-order valence-electron chi connectivity index (χ4n) is 0.769. The van der Waals surface area contributed by atoms with Gasteiger partial charge in [-0.1, -0.05) is 0 Å². The van der Waals surface area contributed by atoms with Crippen molar-refractivity contribution in [3.8, 4) is 0 Å². The van der Waals surface area contributed by atoms with E-state index in [1.165, 1.54) is 6.92 Å². The van der Waals surface area contributed by atoms with E-state index in [-0.39, 0.29) is 24.6 Å². The Morgan fingerprint density at radius 1 is 1.53 bits per heavy atom. The predicted molar refractivity (Wildman–Crippen MR) is 57.0 cm³/mol. The molecular weight excluding hydrogens is 220 g/mol. The van der Waals surface area contributed by atoms with Gasteiger partial charge in [-0.05, 0) is 6.92 Å². The SMILES string of the molecule is CC(O)C(N)CNC(=O)CCS(C)(=O)=O. The second-order valence-corrected chi connectivity index (χ2v) is 5.85. The summed E-state index contributed by atoms with van der Waals surface area (Å²) in [7, 11) is -3.12. The van der Waals surface area contributed by atoms with Crippen LogP contribution in [0.4, 0.5) is 0 Å². The molecule has 15 heavy (non-hydrogen) atoms. The molecule has 0 saturated carbocycles. The van der Waals surface area contributed by atoms with Crippen LogP contribution in [-0.4, -0.2) is 50.1 Å². The number of carbonyl (C=O) groups is 1. The highest BCUT2D eigenvalue weighted by Gasteiger charge is 2.12. The quantitative estimate of drug-likeness (QED) is 0.508. The summed E-state index contributed by atoms with van der Waals surface area (Å²) in [5.74, 6) is -0.556. The van der Waals surface area contributed by atoms with E-state index in [1.54, 1.807) is 0 Å². The minimum Gasteiger partial charge on any atom is -0.392 e. The summed E-state index contributed by atoms with van der Waals surface area (Å²) in [6.07, 6.45) is 0.285. The number of aliphatic hydroxyl groups is 1. The Balaban J connectivity index is 3.77. The van der Waals surface area contributed by atoms with Gasteiger partial charge in [0.05, 0.1) is 11.9 Å². The first-order valence-corrected chi connectivity index (χ1v) is 6.66. The number of nitrogens with two attached hydrogens (primary N) is 1. The Hall–Kier alpha value is -0.660. The van der Waals surface area contributed by atoms with Crippen LogP contribution in [0.3, 0.4) is 0 Å². The highest BCUT2D eigenvalue weighted by Crippen LogP contribution is 1.90. The second-order valence-electron chi connectivity index (χ2n) is 3.59. The van der Waals surface area contributed by atoms with Crippen molar-refractivity contribution < 1.29 is 18.3 Å². The zero-order valence-electron chi connectivity index (χ0n) is 8.93. The minimum absolute atomic E-state index is 0.0780. The molecular formula is C8H18N2O4S. The fourth-order valence-corrected chi connectivity index (χ4v) is 1.32. The van der Waals surface area contributed by atoms with Crippen LogP contribution >= 0.6 is 0 Å². The highest BCUT2D eigenvalue weighted by molar-refractivity contribution is 7.90. The highest BCUT2D eigenvalue weighted by atomic mass is 32.2. The van der Waals surface area contributed by atoms with Crippen molar-refractivity contribution in [2.75, 3.05) is 18.6 Å². The predicted octanol–water partition coefficient (Wildman–Crippen LogP) is -1.75. The van der Waals surface area contributed by atoms with Crippen LogP contribution in [0, 0.1) is 0 Å². The third-order valence-corrected chi connectivity index (χ3v) is 2.80. The fraction of sp³-hybridized carbons (Fsp3) is 0.875. The Morgan fingerprint density at radius 3 is 2.47 bits per heavy atom. The van der Waals surface area contributed by atoms with E-state index in [2.05, 4.69) is 5.32 Å². The summed E-state index contributed by atoms with van der Waals surface area (Å²) in [4.78, 5) is 11.1. The maximum absolute atomic E-state index is 11.1. The monoisotopic (exact) mass is 238 g/mol. The topological polar surface area (TPSA) is 109 Å². The third kappa shape index (κ3) is 8.34. The summed E-state index contributed by atoms with van der Waals surface area (Å²) in [6.45, 7) is 1.66. The van der Waals surface area contributed by atoms with E-state index in [0.717, 1.165) is 6.26 Å². The lowest BCUT2D eigenvalue weighted by Crippen LogP contribution is -2.43. The van der Waals surface area contributed by atoms with Crippen LogP contribution in [-0.2, 0) is 14.6 Å². The van der Waals surface area contributed by atoms with Crippen molar-refractivity contribution in [2.24, 2.45) is 5.73 Å². The van der Waals surface area contributed by atoms with Crippen LogP contribution in [0.25, 0.3) is 0 Å². The summed E-state index contributed by atoms with van der Waals surface area (Å²) in [5, 5.41) is 11.5. The van der Waals surface area contributed by atoms with E-state index < -0.39 is 22.0 Å². The maximum atomic E-state index is 11.1. The van der Waals surface area contributed by atoms with Crippen LogP contribution in [0.5, 0.6) is 0 Å². The molecule has 0 spiro atoms. The standard InChI is InChI=1S/C8H18N2O4S/c1-6(11)7(9)5-10-8(12)3-4-15(2,13)14/h6-7,11H,3-5,9H2,1-2H3,(H,10,12). The van der Waals surface area contributed by atoms with Crippen molar-refractivity contribution in [2.45, 2.75) is 25.5 Å². The van der Waals surface area contributed by atoms with Gasteiger partial charge in [0.2, 0.25) is 5.91 Å². The van der Waals surface area contributed by atoms with E-state index >= 15 is 0 Å². The largest absolute Gasteiger partial charge is 0.392 e. The first-order chi connectivity index (χ1) is 6.72. The summed E-state index contributed by atoms with van der Waals surface area (Å²) in [5.41, 5.74) is 5.46. The zero-order chi connectivity index (χ0) is 12.1. The normalized spacial score (nSPS) is 15.7. The first-order valence-electron chi connectivity index (χ1n) is 4.60. The van der Waals surface area contributed by atoms with Gasteiger partial charge < -0.3 is 16.2 Å². The van der Waals surface area contributed by atoms with E-state index in [4.69, 9.17) is 10.8 Å². The third-order valence-electron chi connectivity index (χ3n) is 1.85. The number of rotatable bonds is 6. The van der Waals surface area contributed by atoms with Gasteiger partial charge in [0, 0.05) is 25.3 Å². The van der Waals surface area contributed by atoms with Gasteiger partial charge in [0.25, 0.3) is 0 Å². The smallest absolute Gasteiger partial charge is 0.221 e. The molecule has 0 heterocycles. The van der Waals surface area contributed by atoms with Gasteiger partial charge in [-0.3, -0.25) is 4.79 Å². The van der Waals surface area contributed by atoms with Gasteiger partial charge >= 0.3 is 0 Å². The average Bonchev–Trinajstić information content (AvgIpc) is 2.09. The summed E-state index contributed by atoms with van der Waals surface area (Å²) >= 11 is 0. The lowest BCUT2D eigenvalue weighted by atomic mass is 10.2. The molecule has 0 bridgehead atoms. The number of sulfone groups is 1. The molecule has 0 aromatic heterocycles. The van der Waals surface area contributed by atoms with E-state index in [1.807, 2.05) is 0 Å². The van der Waals surface area contributed by atoms with Crippen LogP contribution < -0.4 is 11.1 Å². The summed E-state index contributed by atoms with van der Waals surface area (Å²) < 4.78 is 21.5. The van der Waals surface area contributed by atoms with Crippen molar-refractivity contribution in [1.82, 2.24) is 5.32 Å².